The third-order valence-corrected chi connectivity index (χ3v) is 2.56. The highest BCUT2D eigenvalue weighted by Gasteiger charge is 2.01. The zero-order valence-corrected chi connectivity index (χ0v) is 9.04. The maximum atomic E-state index is 10.4. The molecule has 1 aromatic rings. The van der Waals surface area contributed by atoms with Gasteiger partial charge >= 0.3 is 0 Å². The Bertz CT molecular complexity index is 329. The van der Waals surface area contributed by atoms with Crippen LogP contribution in [0.2, 0.25) is 0 Å². The van der Waals surface area contributed by atoms with Gasteiger partial charge in [0.05, 0.1) is 0 Å². The highest BCUT2D eigenvalue weighted by molar-refractivity contribution is 9.10. The number of rotatable bonds is 3. The van der Waals surface area contributed by atoms with E-state index in [2.05, 4.69) is 15.9 Å². The Morgan fingerprint density at radius 2 is 2.15 bits per heavy atom. The molecule has 2 heteroatoms. The molecule has 0 aliphatic carbocycles. The lowest BCUT2D eigenvalue weighted by atomic mass is 10.0. The molecule has 0 bridgehead atoms. The molecule has 0 aromatic heterocycles. The summed E-state index contributed by atoms with van der Waals surface area (Å²) >= 11 is 3.45. The van der Waals surface area contributed by atoms with Crippen molar-refractivity contribution in [2.45, 2.75) is 13.3 Å². The van der Waals surface area contributed by atoms with E-state index < -0.39 is 0 Å². The lowest BCUT2D eigenvalue weighted by Gasteiger charge is -2.05. The summed E-state index contributed by atoms with van der Waals surface area (Å²) in [6, 6.07) is 7.91. The minimum Gasteiger partial charge on any atom is -0.299 e. The molecule has 1 aromatic carbocycles. The Morgan fingerprint density at radius 1 is 1.46 bits per heavy atom. The van der Waals surface area contributed by atoms with Crippen LogP contribution in [-0.4, -0.2) is 6.29 Å². The predicted octanol–water partition coefficient (Wildman–Crippen LogP) is 3.44. The van der Waals surface area contributed by atoms with E-state index in [0.717, 1.165) is 28.3 Å². The van der Waals surface area contributed by atoms with Crippen molar-refractivity contribution in [3.8, 4) is 0 Å². The largest absolute Gasteiger partial charge is 0.299 e. The van der Waals surface area contributed by atoms with Gasteiger partial charge in [-0.15, -0.1) is 0 Å². The summed E-state index contributed by atoms with van der Waals surface area (Å²) in [5.41, 5.74) is 2.15. The summed E-state index contributed by atoms with van der Waals surface area (Å²) in [6.45, 7) is 2.04. The zero-order chi connectivity index (χ0) is 9.68. The number of benzene rings is 1. The van der Waals surface area contributed by atoms with Gasteiger partial charge < -0.3 is 0 Å². The van der Waals surface area contributed by atoms with Crippen molar-refractivity contribution in [1.82, 2.24) is 0 Å². The van der Waals surface area contributed by atoms with Crippen molar-refractivity contribution in [2.24, 2.45) is 0 Å². The smallest absolute Gasteiger partial charge is 0.143 e. The Balaban J connectivity index is 3.12. The standard InChI is InChI=1S/C11H11BrO/c1-2-9(7-8-13)10-5-3-4-6-11(10)12/h3-8H,2H2,1H3/b9-7-. The number of halogens is 1. The minimum atomic E-state index is 0.832. The highest BCUT2D eigenvalue weighted by Crippen LogP contribution is 2.25. The van der Waals surface area contributed by atoms with Gasteiger partial charge in [-0.25, -0.2) is 0 Å². The van der Waals surface area contributed by atoms with Crippen LogP contribution in [0.3, 0.4) is 0 Å². The number of carbonyl (C=O) groups excluding carboxylic acids is 1. The first-order valence-corrected chi connectivity index (χ1v) is 4.98. The summed E-state index contributed by atoms with van der Waals surface area (Å²) in [5, 5.41) is 0. The fourth-order valence-corrected chi connectivity index (χ4v) is 1.74. The molecule has 0 radical (unpaired) electrons. The van der Waals surface area contributed by atoms with Gasteiger partial charge in [0.1, 0.15) is 6.29 Å². The van der Waals surface area contributed by atoms with Crippen LogP contribution < -0.4 is 0 Å². The van der Waals surface area contributed by atoms with Gasteiger partial charge in [0.2, 0.25) is 0 Å². The van der Waals surface area contributed by atoms with Crippen LogP contribution in [0.15, 0.2) is 34.8 Å². The fourth-order valence-electron chi connectivity index (χ4n) is 1.20. The predicted molar refractivity (Wildman–Crippen MR) is 58.5 cm³/mol. The Labute approximate surface area is 86.6 Å². The van der Waals surface area contributed by atoms with Crippen LogP contribution >= 0.6 is 15.9 Å². The maximum absolute atomic E-state index is 10.4. The number of hydrogen-bond donors (Lipinski definition) is 0. The van der Waals surface area contributed by atoms with Crippen molar-refractivity contribution in [1.29, 1.82) is 0 Å². The fraction of sp³-hybridized carbons (Fsp3) is 0.182. The molecule has 0 heterocycles. The number of carbonyl (C=O) groups is 1. The first-order chi connectivity index (χ1) is 6.29. The van der Waals surface area contributed by atoms with E-state index in [0.29, 0.717) is 0 Å². The molecule has 0 fully saturated rings. The quantitative estimate of drug-likeness (QED) is 0.583. The monoisotopic (exact) mass is 238 g/mol. The van der Waals surface area contributed by atoms with Gasteiger partial charge in [-0.1, -0.05) is 41.1 Å². The van der Waals surface area contributed by atoms with Gasteiger partial charge in [0.15, 0.2) is 0 Å². The molecule has 1 nitrogen and oxygen atoms in total. The van der Waals surface area contributed by atoms with Gasteiger partial charge in [0, 0.05) is 4.47 Å². The molecule has 13 heavy (non-hydrogen) atoms. The first kappa shape index (κ1) is 10.2. The molecule has 0 aliphatic heterocycles. The molecule has 0 unspecified atom stereocenters. The maximum Gasteiger partial charge on any atom is 0.143 e. The van der Waals surface area contributed by atoms with E-state index in [1.807, 2.05) is 31.2 Å². The molecule has 68 valence electrons. The molecular weight excluding hydrogens is 228 g/mol. The lowest BCUT2D eigenvalue weighted by Crippen LogP contribution is -1.84. The van der Waals surface area contributed by atoms with Crippen LogP contribution in [0.1, 0.15) is 18.9 Å². The van der Waals surface area contributed by atoms with Crippen molar-refractivity contribution in [3.05, 3.63) is 40.4 Å². The van der Waals surface area contributed by atoms with E-state index in [4.69, 9.17) is 0 Å². The van der Waals surface area contributed by atoms with Gasteiger partial charge in [-0.2, -0.15) is 0 Å². The molecule has 0 spiro atoms. The third kappa shape index (κ3) is 2.52. The molecule has 0 saturated carbocycles. The van der Waals surface area contributed by atoms with Crippen LogP contribution in [0.4, 0.5) is 0 Å². The SMILES string of the molecule is CC/C(=C/C=O)c1ccccc1Br. The number of allylic oxidation sites excluding steroid dienone is 2. The van der Waals surface area contributed by atoms with E-state index in [1.54, 1.807) is 6.08 Å². The molecule has 0 aliphatic rings. The molecule has 0 saturated heterocycles. The van der Waals surface area contributed by atoms with E-state index >= 15 is 0 Å². The minimum absolute atomic E-state index is 0.832. The molecule has 0 atom stereocenters. The second kappa shape index (κ2) is 4.97. The number of hydrogen-bond acceptors (Lipinski definition) is 1. The van der Waals surface area contributed by atoms with Crippen molar-refractivity contribution in [3.63, 3.8) is 0 Å². The van der Waals surface area contributed by atoms with Crippen LogP contribution in [-0.2, 0) is 4.79 Å². The van der Waals surface area contributed by atoms with Crippen LogP contribution in [0, 0.1) is 0 Å². The lowest BCUT2D eigenvalue weighted by molar-refractivity contribution is -0.104. The van der Waals surface area contributed by atoms with E-state index in [1.165, 1.54) is 0 Å². The average molecular weight is 239 g/mol. The molecular formula is C11H11BrO. The summed E-state index contributed by atoms with van der Waals surface area (Å²) in [4.78, 5) is 10.4. The van der Waals surface area contributed by atoms with Crippen LogP contribution in [0.25, 0.3) is 5.57 Å². The van der Waals surface area contributed by atoms with E-state index in [-0.39, 0.29) is 0 Å². The number of aldehydes is 1. The van der Waals surface area contributed by atoms with Crippen molar-refractivity contribution < 1.29 is 4.79 Å². The van der Waals surface area contributed by atoms with Gasteiger partial charge in [-0.3, -0.25) is 4.79 Å². The normalized spacial score (nSPS) is 11.4. The van der Waals surface area contributed by atoms with Crippen LogP contribution in [0.5, 0.6) is 0 Å². The second-order valence-electron chi connectivity index (χ2n) is 2.66. The zero-order valence-electron chi connectivity index (χ0n) is 7.46. The highest BCUT2D eigenvalue weighted by atomic mass is 79.9. The summed E-state index contributed by atoms with van der Waals surface area (Å²) < 4.78 is 1.03. The average Bonchev–Trinajstić information content (AvgIpc) is 2.16. The van der Waals surface area contributed by atoms with E-state index in [9.17, 15) is 4.79 Å². The Kier molecular flexibility index (Phi) is 3.90. The van der Waals surface area contributed by atoms with Gasteiger partial charge in [-0.05, 0) is 29.7 Å². The summed E-state index contributed by atoms with van der Waals surface area (Å²) in [6.07, 6.45) is 3.31. The molecule has 0 amide bonds. The first-order valence-electron chi connectivity index (χ1n) is 4.18. The Morgan fingerprint density at radius 3 is 2.69 bits per heavy atom. The second-order valence-corrected chi connectivity index (χ2v) is 3.52. The summed E-state index contributed by atoms with van der Waals surface area (Å²) in [5.74, 6) is 0. The summed E-state index contributed by atoms with van der Waals surface area (Å²) in [7, 11) is 0. The molecule has 0 N–H and O–H groups in total. The van der Waals surface area contributed by atoms with Gasteiger partial charge in [0.25, 0.3) is 0 Å². The van der Waals surface area contributed by atoms with Crippen molar-refractivity contribution >= 4 is 27.8 Å². The third-order valence-electron chi connectivity index (χ3n) is 1.87. The topological polar surface area (TPSA) is 17.1 Å². The Hall–Kier alpha value is -0.890. The molecule has 1 rings (SSSR count). The van der Waals surface area contributed by atoms with Crippen molar-refractivity contribution in [2.75, 3.05) is 0 Å².